The van der Waals surface area contributed by atoms with Gasteiger partial charge in [0.05, 0.1) is 19.8 Å². The highest BCUT2D eigenvalue weighted by Gasteiger charge is 2.22. The Balaban J connectivity index is 1.65. The van der Waals surface area contributed by atoms with Crippen molar-refractivity contribution in [3.8, 4) is 0 Å². The molecule has 1 aromatic carbocycles. The SMILES string of the molecule is CC(C)(COCc1ccccc1)COC1CCCCO1. The maximum atomic E-state index is 5.85. The Bertz CT molecular complexity index is 369. The number of rotatable bonds is 7. The molecule has 1 aromatic rings. The maximum Gasteiger partial charge on any atom is 0.157 e. The quantitative estimate of drug-likeness (QED) is 0.760. The average Bonchev–Trinajstić information content (AvgIpc) is 2.47. The average molecular weight is 278 g/mol. The zero-order chi connectivity index (χ0) is 14.3. The van der Waals surface area contributed by atoms with E-state index in [1.54, 1.807) is 0 Å². The molecule has 1 saturated heterocycles. The van der Waals surface area contributed by atoms with Crippen molar-refractivity contribution in [1.29, 1.82) is 0 Å². The second kappa shape index (κ2) is 7.77. The highest BCUT2D eigenvalue weighted by molar-refractivity contribution is 5.13. The summed E-state index contributed by atoms with van der Waals surface area (Å²) in [6.07, 6.45) is 3.36. The van der Waals surface area contributed by atoms with Crippen LogP contribution in [0.5, 0.6) is 0 Å². The van der Waals surface area contributed by atoms with E-state index in [1.807, 2.05) is 18.2 Å². The van der Waals surface area contributed by atoms with Crippen LogP contribution in [0, 0.1) is 5.41 Å². The Labute approximate surface area is 122 Å². The molecule has 3 heteroatoms. The molecule has 1 unspecified atom stereocenters. The van der Waals surface area contributed by atoms with Gasteiger partial charge in [-0.05, 0) is 24.8 Å². The molecule has 112 valence electrons. The van der Waals surface area contributed by atoms with Crippen LogP contribution in [-0.4, -0.2) is 26.1 Å². The van der Waals surface area contributed by atoms with E-state index in [0.29, 0.717) is 19.8 Å². The molecule has 1 fully saturated rings. The van der Waals surface area contributed by atoms with Crippen molar-refractivity contribution in [2.24, 2.45) is 5.41 Å². The molecule has 1 aliphatic rings. The number of ether oxygens (including phenoxy) is 3. The Morgan fingerprint density at radius 3 is 2.65 bits per heavy atom. The summed E-state index contributed by atoms with van der Waals surface area (Å²) in [6, 6.07) is 10.3. The van der Waals surface area contributed by atoms with Crippen molar-refractivity contribution >= 4 is 0 Å². The van der Waals surface area contributed by atoms with E-state index in [-0.39, 0.29) is 11.7 Å². The van der Waals surface area contributed by atoms with Crippen LogP contribution in [0.4, 0.5) is 0 Å². The van der Waals surface area contributed by atoms with Crippen molar-refractivity contribution < 1.29 is 14.2 Å². The van der Waals surface area contributed by atoms with Gasteiger partial charge in [-0.2, -0.15) is 0 Å². The van der Waals surface area contributed by atoms with Crippen LogP contribution in [0.3, 0.4) is 0 Å². The second-order valence-corrected chi connectivity index (χ2v) is 6.25. The van der Waals surface area contributed by atoms with Gasteiger partial charge < -0.3 is 14.2 Å². The predicted octanol–water partition coefficient (Wildman–Crippen LogP) is 3.77. The Morgan fingerprint density at radius 1 is 1.15 bits per heavy atom. The molecule has 3 nitrogen and oxygen atoms in total. The normalized spacial score (nSPS) is 20.0. The lowest BCUT2D eigenvalue weighted by atomic mass is 9.96. The number of hydrogen-bond acceptors (Lipinski definition) is 3. The zero-order valence-electron chi connectivity index (χ0n) is 12.6. The Kier molecular flexibility index (Phi) is 6.02. The predicted molar refractivity (Wildman–Crippen MR) is 79.4 cm³/mol. The van der Waals surface area contributed by atoms with Crippen LogP contribution in [-0.2, 0) is 20.8 Å². The van der Waals surface area contributed by atoms with Crippen molar-refractivity contribution in [3.05, 3.63) is 35.9 Å². The van der Waals surface area contributed by atoms with Gasteiger partial charge in [0.25, 0.3) is 0 Å². The van der Waals surface area contributed by atoms with Crippen molar-refractivity contribution in [1.82, 2.24) is 0 Å². The first kappa shape index (κ1) is 15.5. The second-order valence-electron chi connectivity index (χ2n) is 6.25. The molecule has 0 bridgehead atoms. The highest BCUT2D eigenvalue weighted by Crippen LogP contribution is 2.21. The lowest BCUT2D eigenvalue weighted by Crippen LogP contribution is -2.31. The molecule has 0 amide bonds. The van der Waals surface area contributed by atoms with E-state index in [4.69, 9.17) is 14.2 Å². The summed E-state index contributed by atoms with van der Waals surface area (Å²) in [7, 11) is 0. The Morgan fingerprint density at radius 2 is 1.95 bits per heavy atom. The molecule has 1 aliphatic heterocycles. The monoisotopic (exact) mass is 278 g/mol. The van der Waals surface area contributed by atoms with Crippen molar-refractivity contribution in [3.63, 3.8) is 0 Å². The molecule has 1 heterocycles. The minimum absolute atomic E-state index is 0.00951. The van der Waals surface area contributed by atoms with E-state index in [2.05, 4.69) is 26.0 Å². The van der Waals surface area contributed by atoms with Gasteiger partial charge in [-0.15, -0.1) is 0 Å². The fourth-order valence-electron chi connectivity index (χ4n) is 2.22. The van der Waals surface area contributed by atoms with Crippen LogP contribution >= 0.6 is 0 Å². The van der Waals surface area contributed by atoms with Gasteiger partial charge >= 0.3 is 0 Å². The third-order valence-corrected chi connectivity index (χ3v) is 3.40. The van der Waals surface area contributed by atoms with E-state index < -0.39 is 0 Å². The summed E-state index contributed by atoms with van der Waals surface area (Å²) in [4.78, 5) is 0. The van der Waals surface area contributed by atoms with Crippen LogP contribution in [0.15, 0.2) is 30.3 Å². The summed E-state index contributed by atoms with van der Waals surface area (Å²) in [6.45, 7) is 7.18. The standard InChI is InChI=1S/C17H26O3/c1-17(2,14-20-16-10-6-7-11-19-16)13-18-12-15-8-4-3-5-9-15/h3-5,8-9,16H,6-7,10-14H2,1-2H3. The molecule has 1 atom stereocenters. The molecule has 0 aliphatic carbocycles. The first-order valence-corrected chi connectivity index (χ1v) is 7.51. The fourth-order valence-corrected chi connectivity index (χ4v) is 2.22. The highest BCUT2D eigenvalue weighted by atomic mass is 16.7. The van der Waals surface area contributed by atoms with Gasteiger partial charge in [-0.25, -0.2) is 0 Å². The third kappa shape index (κ3) is 5.61. The van der Waals surface area contributed by atoms with Crippen LogP contribution in [0.2, 0.25) is 0 Å². The summed E-state index contributed by atoms with van der Waals surface area (Å²) in [5.41, 5.74) is 1.22. The molecular formula is C17H26O3. The number of hydrogen-bond donors (Lipinski definition) is 0. The van der Waals surface area contributed by atoms with Gasteiger partial charge in [0.2, 0.25) is 0 Å². The van der Waals surface area contributed by atoms with Crippen LogP contribution in [0.25, 0.3) is 0 Å². The largest absolute Gasteiger partial charge is 0.376 e. The lowest BCUT2D eigenvalue weighted by Gasteiger charge is -2.29. The van der Waals surface area contributed by atoms with E-state index >= 15 is 0 Å². The van der Waals surface area contributed by atoms with Gasteiger partial charge in [-0.3, -0.25) is 0 Å². The van der Waals surface area contributed by atoms with Crippen LogP contribution < -0.4 is 0 Å². The summed E-state index contributed by atoms with van der Waals surface area (Å²) >= 11 is 0. The Hall–Kier alpha value is -0.900. The molecule has 20 heavy (non-hydrogen) atoms. The third-order valence-electron chi connectivity index (χ3n) is 3.40. The smallest absolute Gasteiger partial charge is 0.157 e. The first-order chi connectivity index (χ1) is 9.66. The molecule has 0 N–H and O–H groups in total. The molecule has 0 aromatic heterocycles. The van der Waals surface area contributed by atoms with Gasteiger partial charge in [0, 0.05) is 12.0 Å². The van der Waals surface area contributed by atoms with E-state index in [9.17, 15) is 0 Å². The van der Waals surface area contributed by atoms with Gasteiger partial charge in [0.15, 0.2) is 6.29 Å². The lowest BCUT2D eigenvalue weighted by molar-refractivity contribution is -0.180. The van der Waals surface area contributed by atoms with E-state index in [1.165, 1.54) is 12.0 Å². The first-order valence-electron chi connectivity index (χ1n) is 7.51. The molecular weight excluding hydrogens is 252 g/mol. The molecule has 0 spiro atoms. The minimum Gasteiger partial charge on any atom is -0.376 e. The molecule has 0 radical (unpaired) electrons. The van der Waals surface area contributed by atoms with Crippen molar-refractivity contribution in [2.75, 3.05) is 19.8 Å². The summed E-state index contributed by atoms with van der Waals surface area (Å²) in [5, 5.41) is 0. The van der Waals surface area contributed by atoms with Gasteiger partial charge in [-0.1, -0.05) is 44.2 Å². The number of benzene rings is 1. The minimum atomic E-state index is -0.0165. The zero-order valence-corrected chi connectivity index (χ0v) is 12.6. The van der Waals surface area contributed by atoms with Crippen molar-refractivity contribution in [2.45, 2.75) is 46.0 Å². The summed E-state index contributed by atoms with van der Waals surface area (Å²) in [5.74, 6) is 0. The molecule has 2 rings (SSSR count). The van der Waals surface area contributed by atoms with Crippen LogP contribution in [0.1, 0.15) is 38.7 Å². The fraction of sp³-hybridized carbons (Fsp3) is 0.647. The van der Waals surface area contributed by atoms with E-state index in [0.717, 1.165) is 19.4 Å². The topological polar surface area (TPSA) is 27.7 Å². The van der Waals surface area contributed by atoms with Gasteiger partial charge in [0.1, 0.15) is 0 Å². The molecule has 0 saturated carbocycles. The maximum absolute atomic E-state index is 5.85. The summed E-state index contributed by atoms with van der Waals surface area (Å²) < 4.78 is 17.2.